The molecule has 158 valence electrons. The zero-order chi connectivity index (χ0) is 19.9. The topological polar surface area (TPSA) is 70.8 Å². The maximum Gasteiger partial charge on any atom is 0.325 e. The van der Waals surface area contributed by atoms with Crippen LogP contribution in [0.2, 0.25) is 0 Å². The monoisotopic (exact) mass is 423 g/mol. The second-order valence-corrected chi connectivity index (χ2v) is 7.12. The summed E-state index contributed by atoms with van der Waals surface area (Å²) in [5, 5.41) is 0. The van der Waals surface area contributed by atoms with E-state index in [1.165, 1.54) is 12.1 Å². The maximum atomic E-state index is 13.3. The Hall–Kier alpha value is -1.99. The molecule has 2 N–H and O–H groups in total. The fourth-order valence-electron chi connectivity index (χ4n) is 3.30. The standard InChI is InChI=1S/C22H26FNO4.ClH/c1-15-19(11-16-7-9-18(23)10-8-16)21(14-26-13-20(24)22(25)28-15)27-12-17-5-3-2-4-6-17;/h2-10,15,19-21H,11-14,24H2,1H3;1H/t15-,19-,20-,21-;/m0./s1. The predicted octanol–water partition coefficient (Wildman–Crippen LogP) is 3.28. The van der Waals surface area contributed by atoms with Gasteiger partial charge in [-0.2, -0.15) is 0 Å². The quantitative estimate of drug-likeness (QED) is 0.747. The van der Waals surface area contributed by atoms with Crippen LogP contribution in [0.1, 0.15) is 18.1 Å². The van der Waals surface area contributed by atoms with E-state index in [-0.39, 0.29) is 36.9 Å². The Balaban J connectivity index is 0.00000300. The first-order chi connectivity index (χ1) is 13.5. The van der Waals surface area contributed by atoms with Crippen molar-refractivity contribution in [1.82, 2.24) is 0 Å². The summed E-state index contributed by atoms with van der Waals surface area (Å²) in [4.78, 5) is 12.1. The predicted molar refractivity (Wildman–Crippen MR) is 110 cm³/mol. The third-order valence-corrected chi connectivity index (χ3v) is 4.96. The summed E-state index contributed by atoms with van der Waals surface area (Å²) in [6.45, 7) is 2.64. The fourth-order valence-corrected chi connectivity index (χ4v) is 3.30. The molecule has 5 nitrogen and oxygen atoms in total. The highest BCUT2D eigenvalue weighted by molar-refractivity contribution is 5.85. The van der Waals surface area contributed by atoms with Crippen molar-refractivity contribution in [2.24, 2.45) is 11.7 Å². The number of benzene rings is 2. The van der Waals surface area contributed by atoms with Crippen LogP contribution in [0.15, 0.2) is 54.6 Å². The summed E-state index contributed by atoms with van der Waals surface area (Å²) >= 11 is 0. The Bertz CT molecular complexity index is 759. The molecule has 0 spiro atoms. The minimum absolute atomic E-state index is 0. The van der Waals surface area contributed by atoms with Crippen LogP contribution >= 0.6 is 12.4 Å². The van der Waals surface area contributed by atoms with E-state index in [1.807, 2.05) is 37.3 Å². The van der Waals surface area contributed by atoms with Crippen LogP contribution in [-0.2, 0) is 32.0 Å². The van der Waals surface area contributed by atoms with Gasteiger partial charge in [0.25, 0.3) is 0 Å². The molecule has 1 fully saturated rings. The lowest BCUT2D eigenvalue weighted by Gasteiger charge is -2.31. The lowest BCUT2D eigenvalue weighted by Crippen LogP contribution is -2.40. The third kappa shape index (κ3) is 6.78. The van der Waals surface area contributed by atoms with Crippen LogP contribution in [0, 0.1) is 11.7 Å². The van der Waals surface area contributed by atoms with Gasteiger partial charge in [0.2, 0.25) is 0 Å². The van der Waals surface area contributed by atoms with Gasteiger partial charge in [-0.1, -0.05) is 42.5 Å². The molecule has 1 aliphatic rings. The lowest BCUT2D eigenvalue weighted by molar-refractivity contribution is -0.154. The number of carbonyl (C=O) groups excluding carboxylic acids is 1. The molecule has 1 saturated heterocycles. The van der Waals surface area contributed by atoms with Crippen molar-refractivity contribution in [2.75, 3.05) is 13.2 Å². The average molecular weight is 424 g/mol. The van der Waals surface area contributed by atoms with E-state index in [0.29, 0.717) is 19.6 Å². The molecule has 0 amide bonds. The van der Waals surface area contributed by atoms with Crippen LogP contribution in [0.25, 0.3) is 0 Å². The second-order valence-electron chi connectivity index (χ2n) is 7.12. The Labute approximate surface area is 176 Å². The number of esters is 1. The van der Waals surface area contributed by atoms with E-state index in [0.717, 1.165) is 11.1 Å². The molecule has 7 heteroatoms. The number of hydrogen-bond acceptors (Lipinski definition) is 5. The number of ether oxygens (including phenoxy) is 3. The lowest BCUT2D eigenvalue weighted by atomic mass is 9.89. The zero-order valence-electron chi connectivity index (χ0n) is 16.3. The van der Waals surface area contributed by atoms with Gasteiger partial charge < -0.3 is 19.9 Å². The van der Waals surface area contributed by atoms with Gasteiger partial charge in [-0.3, -0.25) is 4.79 Å². The molecule has 0 aliphatic carbocycles. The van der Waals surface area contributed by atoms with Gasteiger partial charge in [0.1, 0.15) is 18.0 Å². The Morgan fingerprint density at radius 3 is 2.45 bits per heavy atom. The molecule has 29 heavy (non-hydrogen) atoms. The van der Waals surface area contributed by atoms with E-state index >= 15 is 0 Å². The summed E-state index contributed by atoms with van der Waals surface area (Å²) in [6.07, 6.45) is -0.170. The highest BCUT2D eigenvalue weighted by Crippen LogP contribution is 2.24. The highest BCUT2D eigenvalue weighted by Gasteiger charge is 2.34. The Morgan fingerprint density at radius 2 is 1.76 bits per heavy atom. The van der Waals surface area contributed by atoms with Gasteiger partial charge in [0.05, 0.1) is 25.9 Å². The summed E-state index contributed by atoms with van der Waals surface area (Å²) in [5.41, 5.74) is 7.80. The molecule has 0 radical (unpaired) electrons. The fraction of sp³-hybridized carbons (Fsp3) is 0.409. The van der Waals surface area contributed by atoms with Gasteiger partial charge in [-0.25, -0.2) is 4.39 Å². The minimum Gasteiger partial charge on any atom is -0.461 e. The van der Waals surface area contributed by atoms with E-state index in [1.54, 1.807) is 12.1 Å². The van der Waals surface area contributed by atoms with E-state index in [9.17, 15) is 9.18 Å². The first kappa shape index (κ1) is 23.3. The normalized spacial score (nSPS) is 25.1. The molecule has 3 rings (SSSR count). The summed E-state index contributed by atoms with van der Waals surface area (Å²) in [5.74, 6) is -0.937. The number of cyclic esters (lactones) is 1. The van der Waals surface area contributed by atoms with Crippen LogP contribution in [0.3, 0.4) is 0 Å². The van der Waals surface area contributed by atoms with Crippen molar-refractivity contribution in [3.63, 3.8) is 0 Å². The molecule has 2 aromatic carbocycles. The van der Waals surface area contributed by atoms with Crippen LogP contribution in [-0.4, -0.2) is 37.4 Å². The van der Waals surface area contributed by atoms with Gasteiger partial charge in [0, 0.05) is 5.92 Å². The van der Waals surface area contributed by atoms with Crippen molar-refractivity contribution in [3.05, 3.63) is 71.5 Å². The molecule has 0 aromatic heterocycles. The van der Waals surface area contributed by atoms with E-state index in [4.69, 9.17) is 19.9 Å². The molecule has 0 saturated carbocycles. The molecular weight excluding hydrogens is 397 g/mol. The number of hydrogen-bond donors (Lipinski definition) is 1. The van der Waals surface area contributed by atoms with Crippen molar-refractivity contribution < 1.29 is 23.4 Å². The van der Waals surface area contributed by atoms with E-state index in [2.05, 4.69) is 0 Å². The summed E-state index contributed by atoms with van der Waals surface area (Å²) in [6, 6.07) is 15.3. The molecule has 4 atom stereocenters. The van der Waals surface area contributed by atoms with Gasteiger partial charge in [-0.05, 0) is 36.6 Å². The number of nitrogens with two attached hydrogens (primary N) is 1. The molecular formula is C22H27ClFNO4. The SMILES string of the molecule is C[C@@H]1OC(=O)[C@@H](N)COC[C@H](OCc2ccccc2)[C@H]1Cc1ccc(F)cc1.Cl. The summed E-state index contributed by atoms with van der Waals surface area (Å²) < 4.78 is 30.7. The molecule has 0 bridgehead atoms. The van der Waals surface area contributed by atoms with Crippen LogP contribution in [0.5, 0.6) is 0 Å². The van der Waals surface area contributed by atoms with Crippen LogP contribution in [0.4, 0.5) is 4.39 Å². The first-order valence-corrected chi connectivity index (χ1v) is 9.46. The number of carbonyl (C=O) groups is 1. The Kier molecular flexibility index (Phi) is 9.04. The molecule has 0 unspecified atom stereocenters. The van der Waals surface area contributed by atoms with Gasteiger partial charge in [-0.15, -0.1) is 12.4 Å². The van der Waals surface area contributed by atoms with Crippen molar-refractivity contribution in [3.8, 4) is 0 Å². The molecule has 1 heterocycles. The van der Waals surface area contributed by atoms with Gasteiger partial charge in [0.15, 0.2) is 0 Å². The second kappa shape index (κ2) is 11.3. The Morgan fingerprint density at radius 1 is 1.07 bits per heavy atom. The van der Waals surface area contributed by atoms with Gasteiger partial charge >= 0.3 is 5.97 Å². The minimum atomic E-state index is -0.818. The van der Waals surface area contributed by atoms with Crippen LogP contribution < -0.4 is 5.73 Å². The highest BCUT2D eigenvalue weighted by atomic mass is 35.5. The van der Waals surface area contributed by atoms with Crippen molar-refractivity contribution in [2.45, 2.75) is 38.2 Å². The smallest absolute Gasteiger partial charge is 0.325 e. The largest absolute Gasteiger partial charge is 0.461 e. The molecule has 2 aromatic rings. The number of halogens is 2. The van der Waals surface area contributed by atoms with E-state index < -0.39 is 18.1 Å². The number of rotatable bonds is 5. The maximum absolute atomic E-state index is 13.3. The van der Waals surface area contributed by atoms with Crippen molar-refractivity contribution in [1.29, 1.82) is 0 Å². The average Bonchev–Trinajstić information content (AvgIpc) is 2.74. The first-order valence-electron chi connectivity index (χ1n) is 9.46. The summed E-state index contributed by atoms with van der Waals surface area (Å²) in [7, 11) is 0. The van der Waals surface area contributed by atoms with Crippen molar-refractivity contribution >= 4 is 18.4 Å². The zero-order valence-corrected chi connectivity index (χ0v) is 17.1. The molecule has 1 aliphatic heterocycles. The third-order valence-electron chi connectivity index (χ3n) is 4.96.